The molecular formula is C17H15ClN4O3. The Morgan fingerprint density at radius 1 is 1.28 bits per heavy atom. The average Bonchev–Trinajstić information content (AvgIpc) is 3.23. The molecule has 8 heteroatoms. The van der Waals surface area contributed by atoms with Crippen molar-refractivity contribution >= 4 is 23.2 Å². The molecule has 1 aliphatic heterocycles. The number of hydrogen-bond acceptors (Lipinski definition) is 6. The number of halogens is 1. The molecule has 25 heavy (non-hydrogen) atoms. The summed E-state index contributed by atoms with van der Waals surface area (Å²) in [4.78, 5) is 18.4. The number of likely N-dealkylation sites (tertiary alicyclic amines) is 1. The smallest absolute Gasteiger partial charge is 0.238 e. The predicted octanol–water partition coefficient (Wildman–Crippen LogP) is 3.02. The van der Waals surface area contributed by atoms with Gasteiger partial charge in [0.1, 0.15) is 0 Å². The van der Waals surface area contributed by atoms with E-state index >= 15 is 0 Å². The van der Waals surface area contributed by atoms with Gasteiger partial charge in [-0.1, -0.05) is 16.8 Å². The highest BCUT2D eigenvalue weighted by molar-refractivity contribution is 6.30. The topological polar surface area (TPSA) is 84.4 Å². The van der Waals surface area contributed by atoms with Crippen molar-refractivity contribution in [2.75, 3.05) is 25.0 Å². The van der Waals surface area contributed by atoms with E-state index in [1.54, 1.807) is 42.7 Å². The van der Waals surface area contributed by atoms with E-state index in [9.17, 15) is 4.79 Å². The van der Waals surface area contributed by atoms with Gasteiger partial charge in [-0.3, -0.25) is 9.69 Å². The number of furan rings is 1. The van der Waals surface area contributed by atoms with Crippen molar-refractivity contribution in [2.24, 2.45) is 0 Å². The van der Waals surface area contributed by atoms with Gasteiger partial charge >= 0.3 is 0 Å². The van der Waals surface area contributed by atoms with Crippen molar-refractivity contribution in [3.05, 3.63) is 53.6 Å². The summed E-state index contributed by atoms with van der Waals surface area (Å²) in [5.74, 6) is 1.66. The van der Waals surface area contributed by atoms with E-state index in [-0.39, 0.29) is 11.8 Å². The minimum atomic E-state index is -0.0671. The van der Waals surface area contributed by atoms with Gasteiger partial charge in [0.25, 0.3) is 0 Å². The third kappa shape index (κ3) is 3.57. The lowest BCUT2D eigenvalue weighted by atomic mass is 10.0. The van der Waals surface area contributed by atoms with Crippen LogP contribution in [0.2, 0.25) is 5.02 Å². The lowest BCUT2D eigenvalue weighted by Crippen LogP contribution is -2.48. The van der Waals surface area contributed by atoms with Gasteiger partial charge in [-0.05, 0) is 36.4 Å². The number of nitrogens with zero attached hydrogens (tertiary/aromatic N) is 3. The second-order valence-corrected chi connectivity index (χ2v) is 6.32. The van der Waals surface area contributed by atoms with Crippen molar-refractivity contribution in [3.8, 4) is 11.6 Å². The highest BCUT2D eigenvalue weighted by Gasteiger charge is 2.33. The molecule has 1 fully saturated rings. The summed E-state index contributed by atoms with van der Waals surface area (Å²) in [7, 11) is 0. The minimum Gasteiger partial charge on any atom is -0.461 e. The van der Waals surface area contributed by atoms with Crippen molar-refractivity contribution < 1.29 is 13.7 Å². The maximum absolute atomic E-state index is 12.1. The summed E-state index contributed by atoms with van der Waals surface area (Å²) in [5, 5.41) is 7.40. The van der Waals surface area contributed by atoms with Crippen LogP contribution in [0.4, 0.5) is 5.69 Å². The molecule has 1 N–H and O–H groups in total. The van der Waals surface area contributed by atoms with Gasteiger partial charge in [0.2, 0.25) is 17.6 Å². The van der Waals surface area contributed by atoms with E-state index in [1.807, 2.05) is 4.90 Å². The van der Waals surface area contributed by atoms with Crippen molar-refractivity contribution in [3.63, 3.8) is 0 Å². The monoisotopic (exact) mass is 358 g/mol. The summed E-state index contributed by atoms with van der Waals surface area (Å²) in [5.41, 5.74) is 0.728. The Kier molecular flexibility index (Phi) is 4.25. The second kappa shape index (κ2) is 6.70. The first kappa shape index (κ1) is 15.9. The molecule has 0 aliphatic carbocycles. The standard InChI is InChI=1S/C17H15ClN4O3/c18-12-3-5-13(6-4-12)19-15(23)10-22-8-11(9-22)17-20-16(21-25-17)14-2-1-7-24-14/h1-7,11H,8-10H2,(H,19,23). The van der Waals surface area contributed by atoms with E-state index in [4.69, 9.17) is 20.5 Å². The van der Waals surface area contributed by atoms with Crippen molar-refractivity contribution in [1.29, 1.82) is 0 Å². The molecule has 0 atom stereocenters. The fourth-order valence-corrected chi connectivity index (χ4v) is 2.82. The zero-order chi connectivity index (χ0) is 17.2. The fraction of sp³-hybridized carbons (Fsp3) is 0.235. The molecule has 1 saturated heterocycles. The Morgan fingerprint density at radius 3 is 2.80 bits per heavy atom. The summed E-state index contributed by atoms with van der Waals surface area (Å²) in [6, 6.07) is 10.6. The summed E-state index contributed by atoms with van der Waals surface area (Å²) in [6.45, 7) is 1.72. The van der Waals surface area contributed by atoms with Crippen LogP contribution in [-0.4, -0.2) is 40.6 Å². The molecule has 0 unspecified atom stereocenters. The Bertz CT molecular complexity index is 854. The number of carbonyl (C=O) groups excluding carboxylic acids is 1. The van der Waals surface area contributed by atoms with Crippen LogP contribution in [0.3, 0.4) is 0 Å². The zero-order valence-electron chi connectivity index (χ0n) is 13.2. The quantitative estimate of drug-likeness (QED) is 0.754. The second-order valence-electron chi connectivity index (χ2n) is 5.88. The third-order valence-electron chi connectivity index (χ3n) is 3.98. The van der Waals surface area contributed by atoms with Crippen LogP contribution < -0.4 is 5.32 Å². The number of benzene rings is 1. The Hall–Kier alpha value is -2.64. The highest BCUT2D eigenvalue weighted by Crippen LogP contribution is 2.27. The molecule has 3 heterocycles. The fourth-order valence-electron chi connectivity index (χ4n) is 2.70. The first-order valence-electron chi connectivity index (χ1n) is 7.82. The molecule has 0 bridgehead atoms. The maximum atomic E-state index is 12.1. The molecule has 0 radical (unpaired) electrons. The molecule has 4 rings (SSSR count). The summed E-state index contributed by atoms with van der Waals surface area (Å²) >= 11 is 5.83. The molecule has 2 aromatic heterocycles. The third-order valence-corrected chi connectivity index (χ3v) is 4.24. The van der Waals surface area contributed by atoms with Gasteiger partial charge in [-0.15, -0.1) is 0 Å². The van der Waals surface area contributed by atoms with E-state index < -0.39 is 0 Å². The maximum Gasteiger partial charge on any atom is 0.238 e. The van der Waals surface area contributed by atoms with E-state index in [0.717, 1.165) is 5.69 Å². The van der Waals surface area contributed by atoms with Crippen LogP contribution in [0.25, 0.3) is 11.6 Å². The van der Waals surface area contributed by atoms with Gasteiger partial charge in [0, 0.05) is 23.8 Å². The van der Waals surface area contributed by atoms with Crippen LogP contribution >= 0.6 is 11.6 Å². The van der Waals surface area contributed by atoms with Crippen LogP contribution in [-0.2, 0) is 4.79 Å². The van der Waals surface area contributed by atoms with Gasteiger partial charge < -0.3 is 14.3 Å². The molecule has 1 aromatic carbocycles. The van der Waals surface area contributed by atoms with Gasteiger partial charge in [0.05, 0.1) is 18.7 Å². The first-order valence-corrected chi connectivity index (χ1v) is 8.20. The zero-order valence-corrected chi connectivity index (χ0v) is 13.9. The van der Waals surface area contributed by atoms with Crippen LogP contribution in [0.1, 0.15) is 11.8 Å². The number of nitrogens with one attached hydrogen (secondary N) is 1. The van der Waals surface area contributed by atoms with E-state index in [2.05, 4.69) is 15.5 Å². The Balaban J connectivity index is 1.27. The number of carbonyl (C=O) groups is 1. The average molecular weight is 359 g/mol. The van der Waals surface area contributed by atoms with Gasteiger partial charge in [-0.2, -0.15) is 4.98 Å². The molecule has 1 aliphatic rings. The van der Waals surface area contributed by atoms with E-state index in [1.165, 1.54) is 0 Å². The molecular weight excluding hydrogens is 344 g/mol. The Labute approximate surface area is 148 Å². The van der Waals surface area contributed by atoms with Crippen molar-refractivity contribution in [2.45, 2.75) is 5.92 Å². The minimum absolute atomic E-state index is 0.0671. The van der Waals surface area contributed by atoms with Crippen molar-refractivity contribution in [1.82, 2.24) is 15.0 Å². The molecule has 0 spiro atoms. The highest BCUT2D eigenvalue weighted by atomic mass is 35.5. The molecule has 1 amide bonds. The molecule has 3 aromatic rings. The predicted molar refractivity (Wildman–Crippen MR) is 91.3 cm³/mol. The number of hydrogen-bond donors (Lipinski definition) is 1. The summed E-state index contributed by atoms with van der Waals surface area (Å²) in [6.07, 6.45) is 1.57. The normalized spacial score (nSPS) is 15.1. The van der Waals surface area contributed by atoms with Crippen LogP contribution in [0.15, 0.2) is 51.6 Å². The summed E-state index contributed by atoms with van der Waals surface area (Å²) < 4.78 is 10.5. The van der Waals surface area contributed by atoms with Gasteiger partial charge in [0.15, 0.2) is 5.76 Å². The lowest BCUT2D eigenvalue weighted by Gasteiger charge is -2.36. The molecule has 128 valence electrons. The molecule has 0 saturated carbocycles. The number of anilines is 1. The molecule has 7 nitrogen and oxygen atoms in total. The SMILES string of the molecule is O=C(CN1CC(c2nc(-c3ccco3)no2)C1)Nc1ccc(Cl)cc1. The van der Waals surface area contributed by atoms with E-state index in [0.29, 0.717) is 42.1 Å². The first-order chi connectivity index (χ1) is 12.2. The van der Waals surface area contributed by atoms with Crippen LogP contribution in [0, 0.1) is 0 Å². The number of amides is 1. The lowest BCUT2D eigenvalue weighted by molar-refractivity contribution is -0.118. The largest absolute Gasteiger partial charge is 0.461 e. The Morgan fingerprint density at radius 2 is 2.08 bits per heavy atom. The number of aromatic nitrogens is 2. The van der Waals surface area contributed by atoms with Gasteiger partial charge in [-0.25, -0.2) is 0 Å². The number of rotatable bonds is 5. The van der Waals surface area contributed by atoms with Crippen LogP contribution in [0.5, 0.6) is 0 Å².